The van der Waals surface area contributed by atoms with E-state index in [1.807, 2.05) is 0 Å². The van der Waals surface area contributed by atoms with E-state index in [-0.39, 0.29) is 5.56 Å². The Balaban J connectivity index is 2.90. The van der Waals surface area contributed by atoms with Crippen LogP contribution in [0.5, 0.6) is 0 Å². The minimum absolute atomic E-state index is 0.262. The van der Waals surface area contributed by atoms with E-state index in [1.54, 1.807) is 0 Å². The lowest BCUT2D eigenvalue weighted by Gasteiger charge is -1.96. The molecule has 0 saturated heterocycles. The summed E-state index contributed by atoms with van der Waals surface area (Å²) in [4.78, 5) is 0. The molecule has 1 rings (SSSR count). The molecule has 0 radical (unpaired) electrons. The van der Waals surface area contributed by atoms with Crippen LogP contribution in [0.1, 0.15) is 5.56 Å². The molecule has 68 valence electrons. The van der Waals surface area contributed by atoms with Crippen LogP contribution in [0.15, 0.2) is 24.2 Å². The predicted octanol–water partition coefficient (Wildman–Crippen LogP) is 1.50. The Morgan fingerprint density at radius 3 is 2.62 bits per heavy atom. The second-order valence-electron chi connectivity index (χ2n) is 2.44. The average Bonchev–Trinajstić information content (AvgIpc) is 2.02. The summed E-state index contributed by atoms with van der Waals surface area (Å²) in [5.41, 5.74) is 0.262. The monoisotopic (exact) mass is 200 g/mol. The van der Waals surface area contributed by atoms with Gasteiger partial charge in [0.15, 0.2) is 0 Å². The summed E-state index contributed by atoms with van der Waals surface area (Å²) in [5.74, 6) is 0.566. The topological polar surface area (TPSA) is 40.5 Å². The van der Waals surface area contributed by atoms with Crippen LogP contribution < -0.4 is 0 Å². The molecule has 0 amide bonds. The van der Waals surface area contributed by atoms with Gasteiger partial charge in [-0.2, -0.15) is 0 Å². The van der Waals surface area contributed by atoms with Crippen LogP contribution in [0.2, 0.25) is 5.02 Å². The largest absolute Gasteiger partial charge is 0.480 e. The van der Waals surface area contributed by atoms with Crippen molar-refractivity contribution in [2.24, 2.45) is 0 Å². The Kier molecular flexibility index (Phi) is 3.48. The highest BCUT2D eigenvalue weighted by molar-refractivity contribution is 6.48. The Bertz CT molecular complexity index is 328. The van der Waals surface area contributed by atoms with Gasteiger partial charge < -0.3 is 10.0 Å². The molecule has 0 atom stereocenters. The summed E-state index contributed by atoms with van der Waals surface area (Å²) in [6, 6.07) is 4.13. The van der Waals surface area contributed by atoms with Crippen molar-refractivity contribution in [1.82, 2.24) is 0 Å². The standard InChI is InChI=1S/C8H7BClFO2/c10-7-2-1-6(8(11)5-7)3-4-9(12)13/h1-5,12-13H/b4-3+. The normalized spacial score (nSPS) is 10.8. The third-order valence-electron chi connectivity index (χ3n) is 1.41. The van der Waals surface area contributed by atoms with E-state index in [2.05, 4.69) is 0 Å². The summed E-state index contributed by atoms with van der Waals surface area (Å²) in [6.45, 7) is 0. The van der Waals surface area contributed by atoms with Gasteiger partial charge >= 0.3 is 7.12 Å². The minimum Gasteiger partial charge on any atom is -0.424 e. The molecule has 1 aromatic carbocycles. The van der Waals surface area contributed by atoms with Gasteiger partial charge in [0.1, 0.15) is 5.82 Å². The Labute approximate surface area is 80.4 Å². The molecule has 0 saturated carbocycles. The van der Waals surface area contributed by atoms with Crippen LogP contribution in [0.4, 0.5) is 4.39 Å². The van der Waals surface area contributed by atoms with Gasteiger partial charge in [-0.05, 0) is 12.1 Å². The molecule has 0 aliphatic carbocycles. The first-order valence-corrected chi connectivity index (χ1v) is 3.97. The summed E-state index contributed by atoms with van der Waals surface area (Å²) >= 11 is 5.52. The number of halogens is 2. The number of benzene rings is 1. The predicted molar refractivity (Wildman–Crippen MR) is 50.6 cm³/mol. The highest BCUT2D eigenvalue weighted by Crippen LogP contribution is 2.15. The van der Waals surface area contributed by atoms with Crippen LogP contribution in [0, 0.1) is 5.82 Å². The molecule has 1 aromatic rings. The SMILES string of the molecule is OB(O)/C=C/c1ccc(Cl)cc1F. The third kappa shape index (κ3) is 3.18. The van der Waals surface area contributed by atoms with E-state index >= 15 is 0 Å². The number of rotatable bonds is 2. The maximum absolute atomic E-state index is 13.0. The van der Waals surface area contributed by atoms with Gasteiger partial charge in [-0.15, -0.1) is 0 Å². The number of hydrogen-bond acceptors (Lipinski definition) is 2. The molecule has 5 heteroatoms. The van der Waals surface area contributed by atoms with E-state index in [0.717, 1.165) is 12.0 Å². The van der Waals surface area contributed by atoms with Gasteiger partial charge in [0, 0.05) is 10.6 Å². The van der Waals surface area contributed by atoms with Gasteiger partial charge in [0.25, 0.3) is 0 Å². The zero-order valence-corrected chi connectivity index (χ0v) is 7.37. The maximum Gasteiger partial charge on any atom is 0.480 e. The second kappa shape index (κ2) is 4.41. The number of hydrogen-bond donors (Lipinski definition) is 2. The van der Waals surface area contributed by atoms with Crippen LogP contribution in [-0.2, 0) is 0 Å². The van der Waals surface area contributed by atoms with Crippen molar-refractivity contribution in [3.63, 3.8) is 0 Å². The van der Waals surface area contributed by atoms with Crippen molar-refractivity contribution < 1.29 is 14.4 Å². The van der Waals surface area contributed by atoms with E-state index in [1.165, 1.54) is 18.2 Å². The van der Waals surface area contributed by atoms with Gasteiger partial charge in [0.2, 0.25) is 0 Å². The summed E-state index contributed by atoms with van der Waals surface area (Å²) in [5, 5.41) is 17.3. The first-order valence-electron chi connectivity index (χ1n) is 3.59. The molecular formula is C8H7BClFO2. The molecule has 2 nitrogen and oxygen atoms in total. The minimum atomic E-state index is -1.57. The summed E-state index contributed by atoms with van der Waals surface area (Å²) in [7, 11) is -1.57. The summed E-state index contributed by atoms with van der Waals surface area (Å²) in [6.07, 6.45) is 1.27. The van der Waals surface area contributed by atoms with Crippen LogP contribution >= 0.6 is 11.6 Å². The first kappa shape index (κ1) is 10.2. The third-order valence-corrected chi connectivity index (χ3v) is 1.65. The zero-order chi connectivity index (χ0) is 9.84. The lowest BCUT2D eigenvalue weighted by atomic mass is 9.91. The van der Waals surface area contributed by atoms with Crippen molar-refractivity contribution >= 4 is 24.8 Å². The fourth-order valence-corrected chi connectivity index (χ4v) is 0.985. The molecular weight excluding hydrogens is 193 g/mol. The van der Waals surface area contributed by atoms with Gasteiger partial charge in [-0.1, -0.05) is 29.7 Å². The molecule has 0 aliphatic rings. The van der Waals surface area contributed by atoms with Crippen LogP contribution in [0.25, 0.3) is 6.08 Å². The van der Waals surface area contributed by atoms with E-state index in [0.29, 0.717) is 5.02 Å². The fraction of sp³-hybridized carbons (Fsp3) is 0. The average molecular weight is 200 g/mol. The molecule has 0 unspecified atom stereocenters. The van der Waals surface area contributed by atoms with Crippen molar-refractivity contribution in [2.45, 2.75) is 0 Å². The van der Waals surface area contributed by atoms with Crippen molar-refractivity contribution in [2.75, 3.05) is 0 Å². The zero-order valence-electron chi connectivity index (χ0n) is 6.61. The molecule has 0 aromatic heterocycles. The molecule has 0 bridgehead atoms. The molecule has 2 N–H and O–H groups in total. The van der Waals surface area contributed by atoms with Gasteiger partial charge in [-0.3, -0.25) is 0 Å². The van der Waals surface area contributed by atoms with E-state index in [9.17, 15) is 4.39 Å². The van der Waals surface area contributed by atoms with Gasteiger partial charge in [0.05, 0.1) is 0 Å². The molecule has 0 aliphatic heterocycles. The van der Waals surface area contributed by atoms with Gasteiger partial charge in [-0.25, -0.2) is 4.39 Å². The molecule has 13 heavy (non-hydrogen) atoms. The van der Waals surface area contributed by atoms with Crippen LogP contribution in [0.3, 0.4) is 0 Å². The highest BCUT2D eigenvalue weighted by Gasteiger charge is 2.02. The maximum atomic E-state index is 13.0. The molecule has 0 fully saturated rings. The molecule has 0 spiro atoms. The van der Waals surface area contributed by atoms with Crippen LogP contribution in [-0.4, -0.2) is 17.2 Å². The van der Waals surface area contributed by atoms with Crippen molar-refractivity contribution in [3.05, 3.63) is 40.6 Å². The Hall–Kier alpha value is -0.835. The second-order valence-corrected chi connectivity index (χ2v) is 2.87. The lowest BCUT2D eigenvalue weighted by molar-refractivity contribution is 0.424. The molecule has 0 heterocycles. The van der Waals surface area contributed by atoms with E-state index in [4.69, 9.17) is 21.6 Å². The highest BCUT2D eigenvalue weighted by atomic mass is 35.5. The Morgan fingerprint density at radius 2 is 2.08 bits per heavy atom. The van der Waals surface area contributed by atoms with Crippen molar-refractivity contribution in [3.8, 4) is 0 Å². The Morgan fingerprint density at radius 1 is 1.38 bits per heavy atom. The lowest BCUT2D eigenvalue weighted by Crippen LogP contribution is -2.05. The van der Waals surface area contributed by atoms with Crippen molar-refractivity contribution in [1.29, 1.82) is 0 Å². The quantitative estimate of drug-likeness (QED) is 0.710. The smallest absolute Gasteiger partial charge is 0.424 e. The fourth-order valence-electron chi connectivity index (χ4n) is 0.826. The first-order chi connectivity index (χ1) is 6.09. The van der Waals surface area contributed by atoms with E-state index < -0.39 is 12.9 Å². The summed E-state index contributed by atoms with van der Waals surface area (Å²) < 4.78 is 13.0.